The van der Waals surface area contributed by atoms with Crippen molar-refractivity contribution < 1.29 is 19.1 Å². The maximum Gasteiger partial charge on any atom is 0.339 e. The third-order valence-corrected chi connectivity index (χ3v) is 5.35. The zero-order valence-corrected chi connectivity index (χ0v) is 17.0. The molecular weight excluding hydrogens is 378 g/mol. The molecule has 0 saturated heterocycles. The van der Waals surface area contributed by atoms with E-state index in [4.69, 9.17) is 9.47 Å². The van der Waals surface area contributed by atoms with Gasteiger partial charge in [-0.2, -0.15) is 0 Å². The molecule has 0 radical (unpaired) electrons. The van der Waals surface area contributed by atoms with Crippen molar-refractivity contribution >= 4 is 17.6 Å². The van der Waals surface area contributed by atoms with Crippen LogP contribution in [0.5, 0.6) is 5.75 Å². The Balaban J connectivity index is 1.70. The number of carbonyl (C=O) groups is 2. The molecule has 0 spiro atoms. The van der Waals surface area contributed by atoms with E-state index < -0.39 is 11.6 Å². The van der Waals surface area contributed by atoms with Crippen molar-refractivity contribution in [3.63, 3.8) is 0 Å². The molecular formula is C25H23NO4. The third-order valence-electron chi connectivity index (χ3n) is 5.35. The molecule has 1 heterocycles. The van der Waals surface area contributed by atoms with Gasteiger partial charge in [0.25, 0.3) is 5.91 Å². The number of methoxy groups -OCH3 is 1. The first-order valence-corrected chi connectivity index (χ1v) is 9.81. The van der Waals surface area contributed by atoms with E-state index >= 15 is 0 Å². The molecule has 1 aliphatic rings. The van der Waals surface area contributed by atoms with Gasteiger partial charge in [-0.15, -0.1) is 0 Å². The number of nitrogens with zero attached hydrogens (tertiary/aromatic N) is 1. The molecule has 3 aromatic carbocycles. The zero-order chi connectivity index (χ0) is 21.1. The van der Waals surface area contributed by atoms with Crippen LogP contribution in [0.15, 0.2) is 78.9 Å². The Morgan fingerprint density at radius 3 is 2.37 bits per heavy atom. The molecule has 0 fully saturated rings. The second-order valence-electron chi connectivity index (χ2n) is 7.53. The Morgan fingerprint density at radius 1 is 1.00 bits per heavy atom. The normalized spacial score (nSPS) is 17.6. The first-order chi connectivity index (χ1) is 14.5. The fourth-order valence-electron chi connectivity index (χ4n) is 3.75. The van der Waals surface area contributed by atoms with Crippen molar-refractivity contribution in [2.45, 2.75) is 25.5 Å². The Bertz CT molecular complexity index is 1060. The molecule has 4 rings (SSSR count). The minimum atomic E-state index is -1.29. The van der Waals surface area contributed by atoms with Crippen LogP contribution in [0.25, 0.3) is 0 Å². The zero-order valence-electron chi connectivity index (χ0n) is 17.0. The summed E-state index contributed by atoms with van der Waals surface area (Å²) in [7, 11) is 1.60. The summed E-state index contributed by atoms with van der Waals surface area (Å²) in [6.07, 6.45) is 0.329. The van der Waals surface area contributed by atoms with Crippen molar-refractivity contribution in [3.05, 3.63) is 95.6 Å². The highest BCUT2D eigenvalue weighted by atomic mass is 16.6. The van der Waals surface area contributed by atoms with Crippen LogP contribution < -0.4 is 9.64 Å². The Labute approximate surface area is 175 Å². The largest absolute Gasteiger partial charge is 0.497 e. The molecule has 0 aromatic heterocycles. The van der Waals surface area contributed by atoms with Crippen LogP contribution in [-0.2, 0) is 22.5 Å². The fourth-order valence-corrected chi connectivity index (χ4v) is 3.75. The maximum atomic E-state index is 13.8. The van der Waals surface area contributed by atoms with Crippen molar-refractivity contribution in [2.24, 2.45) is 0 Å². The third kappa shape index (κ3) is 3.79. The van der Waals surface area contributed by atoms with Gasteiger partial charge < -0.3 is 14.4 Å². The van der Waals surface area contributed by atoms with E-state index in [9.17, 15) is 9.59 Å². The summed E-state index contributed by atoms with van der Waals surface area (Å²) in [5, 5.41) is 0. The lowest BCUT2D eigenvalue weighted by Crippen LogP contribution is -2.53. The summed E-state index contributed by atoms with van der Waals surface area (Å²) in [6.45, 7) is 2.05. The summed E-state index contributed by atoms with van der Waals surface area (Å²) >= 11 is 0. The summed E-state index contributed by atoms with van der Waals surface area (Å²) in [6, 6.07) is 24.3. The molecule has 1 aliphatic heterocycles. The molecule has 0 aliphatic carbocycles. The number of amides is 1. The van der Waals surface area contributed by atoms with E-state index in [0.29, 0.717) is 30.0 Å². The Morgan fingerprint density at radius 2 is 1.67 bits per heavy atom. The minimum absolute atomic E-state index is 0.264. The maximum absolute atomic E-state index is 13.8. The van der Waals surface area contributed by atoms with Gasteiger partial charge >= 0.3 is 5.97 Å². The molecule has 152 valence electrons. The van der Waals surface area contributed by atoms with E-state index in [-0.39, 0.29) is 5.91 Å². The van der Waals surface area contributed by atoms with Crippen molar-refractivity contribution in [1.82, 2.24) is 0 Å². The number of ether oxygens (including phenoxy) is 2. The van der Waals surface area contributed by atoms with Gasteiger partial charge in [-0.05, 0) is 48.4 Å². The molecule has 1 unspecified atom stereocenters. The summed E-state index contributed by atoms with van der Waals surface area (Å²) in [5.74, 6) is -0.0310. The Kier molecular flexibility index (Phi) is 5.27. The molecule has 5 heteroatoms. The lowest BCUT2D eigenvalue weighted by molar-refractivity contribution is -0.137. The van der Waals surface area contributed by atoms with Gasteiger partial charge in [-0.3, -0.25) is 4.79 Å². The summed E-state index contributed by atoms with van der Waals surface area (Å²) < 4.78 is 10.9. The number of hydrogen-bond donors (Lipinski definition) is 0. The van der Waals surface area contributed by atoms with E-state index in [1.54, 1.807) is 31.1 Å². The quantitative estimate of drug-likeness (QED) is 0.595. The molecule has 5 nitrogen and oxygen atoms in total. The van der Waals surface area contributed by atoms with Crippen molar-refractivity contribution in [3.8, 4) is 5.75 Å². The fraction of sp³-hybridized carbons (Fsp3) is 0.200. The highest BCUT2D eigenvalue weighted by Gasteiger charge is 2.45. The highest BCUT2D eigenvalue weighted by molar-refractivity contribution is 6.03. The van der Waals surface area contributed by atoms with Gasteiger partial charge in [-0.25, -0.2) is 4.79 Å². The molecule has 3 aromatic rings. The average molecular weight is 401 g/mol. The number of carbonyl (C=O) groups excluding carboxylic acids is 2. The van der Waals surface area contributed by atoms with Gasteiger partial charge in [0.2, 0.25) is 0 Å². The number of benzene rings is 3. The van der Waals surface area contributed by atoms with Crippen LogP contribution in [0.3, 0.4) is 0 Å². The smallest absolute Gasteiger partial charge is 0.339 e. The van der Waals surface area contributed by atoms with E-state index in [1.807, 2.05) is 66.7 Å². The number of esters is 1. The van der Waals surface area contributed by atoms with E-state index in [0.717, 1.165) is 11.1 Å². The first kappa shape index (κ1) is 19.7. The van der Waals surface area contributed by atoms with Crippen LogP contribution in [0, 0.1) is 0 Å². The van der Waals surface area contributed by atoms with Crippen LogP contribution in [0.4, 0.5) is 5.69 Å². The predicted molar refractivity (Wildman–Crippen MR) is 115 cm³/mol. The monoisotopic (exact) mass is 401 g/mol. The minimum Gasteiger partial charge on any atom is -0.497 e. The first-order valence-electron chi connectivity index (χ1n) is 9.81. The SMILES string of the molecule is COc1ccc(N(Cc2ccccc2)C(=O)C2(C)Cc3ccccc3C(=O)O2)cc1. The van der Waals surface area contributed by atoms with Crippen LogP contribution in [0.2, 0.25) is 0 Å². The topological polar surface area (TPSA) is 55.8 Å². The lowest BCUT2D eigenvalue weighted by atomic mass is 9.88. The van der Waals surface area contributed by atoms with Crippen molar-refractivity contribution in [2.75, 3.05) is 12.0 Å². The van der Waals surface area contributed by atoms with Crippen LogP contribution in [-0.4, -0.2) is 24.6 Å². The van der Waals surface area contributed by atoms with Crippen molar-refractivity contribution in [1.29, 1.82) is 0 Å². The number of fused-ring (bicyclic) bond motifs is 1. The van der Waals surface area contributed by atoms with E-state index in [1.165, 1.54) is 0 Å². The van der Waals surface area contributed by atoms with Gasteiger partial charge in [0.05, 0.1) is 19.2 Å². The molecule has 30 heavy (non-hydrogen) atoms. The lowest BCUT2D eigenvalue weighted by Gasteiger charge is -2.37. The standard InChI is InChI=1S/C25H23NO4/c1-25(16-19-10-6-7-11-22(19)23(27)30-25)24(28)26(17-18-8-4-3-5-9-18)20-12-14-21(29-2)15-13-20/h3-15H,16-17H2,1-2H3. The number of anilines is 1. The molecule has 0 N–H and O–H groups in total. The summed E-state index contributed by atoms with van der Waals surface area (Å²) in [5.41, 5.74) is 1.73. The van der Waals surface area contributed by atoms with Gasteiger partial charge in [0.1, 0.15) is 5.75 Å². The van der Waals surface area contributed by atoms with Gasteiger partial charge in [-0.1, -0.05) is 48.5 Å². The number of rotatable bonds is 5. The van der Waals surface area contributed by atoms with Crippen LogP contribution >= 0.6 is 0 Å². The second kappa shape index (κ2) is 8.03. The van der Waals surface area contributed by atoms with Crippen LogP contribution in [0.1, 0.15) is 28.4 Å². The molecule has 1 atom stereocenters. The highest BCUT2D eigenvalue weighted by Crippen LogP contribution is 2.32. The van der Waals surface area contributed by atoms with Gasteiger partial charge in [0.15, 0.2) is 5.60 Å². The Hall–Kier alpha value is -3.60. The molecule has 0 saturated carbocycles. The molecule has 1 amide bonds. The number of cyclic esters (lactones) is 1. The average Bonchev–Trinajstić information content (AvgIpc) is 2.78. The second-order valence-corrected chi connectivity index (χ2v) is 7.53. The predicted octanol–water partition coefficient (Wildman–Crippen LogP) is 4.40. The summed E-state index contributed by atoms with van der Waals surface area (Å²) in [4.78, 5) is 28.0. The molecule has 0 bridgehead atoms. The van der Waals surface area contributed by atoms with E-state index in [2.05, 4.69) is 0 Å². The number of hydrogen-bond acceptors (Lipinski definition) is 4. The van der Waals surface area contributed by atoms with Gasteiger partial charge in [0, 0.05) is 12.1 Å².